The first-order valence-electron chi connectivity index (χ1n) is 6.91. The summed E-state index contributed by atoms with van der Waals surface area (Å²) < 4.78 is 0.891. The summed E-state index contributed by atoms with van der Waals surface area (Å²) in [5.41, 5.74) is 4.89. The molecule has 5 nitrogen and oxygen atoms in total. The van der Waals surface area contributed by atoms with Gasteiger partial charge in [-0.2, -0.15) is 0 Å². The van der Waals surface area contributed by atoms with Crippen LogP contribution in [0.2, 0.25) is 0 Å². The lowest BCUT2D eigenvalue weighted by Crippen LogP contribution is -2.52. The zero-order valence-corrected chi connectivity index (χ0v) is 13.3. The van der Waals surface area contributed by atoms with Crippen molar-refractivity contribution in [3.05, 3.63) is 34.3 Å². The molecule has 0 aromatic heterocycles. The van der Waals surface area contributed by atoms with E-state index in [1.165, 1.54) is 0 Å². The number of amides is 2. The first-order chi connectivity index (χ1) is 9.89. The summed E-state index contributed by atoms with van der Waals surface area (Å²) in [7, 11) is 0. The summed E-state index contributed by atoms with van der Waals surface area (Å²) in [5.74, 6) is -0.595. The fourth-order valence-corrected chi connectivity index (χ4v) is 3.14. The second-order valence-electron chi connectivity index (χ2n) is 5.55. The summed E-state index contributed by atoms with van der Waals surface area (Å²) in [6.45, 7) is 0.767. The van der Waals surface area contributed by atoms with E-state index in [2.05, 4.69) is 15.9 Å². The molecule has 3 N–H and O–H groups in total. The Morgan fingerprint density at radius 3 is 2.76 bits per heavy atom. The van der Waals surface area contributed by atoms with Gasteiger partial charge in [-0.1, -0.05) is 34.1 Å². The molecule has 1 fully saturated rings. The standard InChI is InChI=1S/C15H19BrN2O3/c16-12-5-2-1-4-11(12)8-14(20)18-7-3-6-15(21,10-18)9-13(17)19/h1-2,4-5,21H,3,6-10H2,(H2,17,19). The topological polar surface area (TPSA) is 83.6 Å². The third-order valence-electron chi connectivity index (χ3n) is 3.71. The van der Waals surface area contributed by atoms with E-state index in [0.29, 0.717) is 19.4 Å². The van der Waals surface area contributed by atoms with E-state index in [1.54, 1.807) is 4.90 Å². The number of likely N-dealkylation sites (tertiary alicyclic amines) is 1. The quantitative estimate of drug-likeness (QED) is 0.852. The minimum atomic E-state index is -1.19. The van der Waals surface area contributed by atoms with Crippen molar-refractivity contribution < 1.29 is 14.7 Å². The number of nitrogens with two attached hydrogens (primary N) is 1. The van der Waals surface area contributed by atoms with Crippen molar-refractivity contribution in [3.8, 4) is 0 Å². The van der Waals surface area contributed by atoms with Gasteiger partial charge in [0.2, 0.25) is 11.8 Å². The molecule has 21 heavy (non-hydrogen) atoms. The van der Waals surface area contributed by atoms with E-state index in [9.17, 15) is 14.7 Å². The second kappa shape index (κ2) is 6.58. The van der Waals surface area contributed by atoms with Crippen LogP contribution in [-0.2, 0) is 16.0 Å². The molecule has 2 amide bonds. The SMILES string of the molecule is NC(=O)CC1(O)CCCN(C(=O)Cc2ccccc2Br)C1. The number of benzene rings is 1. The van der Waals surface area contributed by atoms with Crippen LogP contribution in [-0.4, -0.2) is 40.5 Å². The van der Waals surface area contributed by atoms with Crippen molar-refractivity contribution in [1.29, 1.82) is 0 Å². The first kappa shape index (κ1) is 16.0. The predicted octanol–water partition coefficient (Wildman–Crippen LogP) is 1.22. The monoisotopic (exact) mass is 354 g/mol. The number of carbonyl (C=O) groups excluding carboxylic acids is 2. The van der Waals surface area contributed by atoms with Gasteiger partial charge in [-0.3, -0.25) is 9.59 Å². The average molecular weight is 355 g/mol. The van der Waals surface area contributed by atoms with Crippen LogP contribution in [0.3, 0.4) is 0 Å². The minimum absolute atomic E-state index is 0.0514. The van der Waals surface area contributed by atoms with Gasteiger partial charge in [0.1, 0.15) is 0 Å². The van der Waals surface area contributed by atoms with Gasteiger partial charge < -0.3 is 15.7 Å². The second-order valence-corrected chi connectivity index (χ2v) is 6.41. The number of halogens is 1. The van der Waals surface area contributed by atoms with E-state index < -0.39 is 11.5 Å². The van der Waals surface area contributed by atoms with Crippen LogP contribution < -0.4 is 5.73 Å². The molecule has 1 unspecified atom stereocenters. The fourth-order valence-electron chi connectivity index (χ4n) is 2.71. The Morgan fingerprint density at radius 1 is 1.38 bits per heavy atom. The van der Waals surface area contributed by atoms with Gasteiger partial charge in [-0.15, -0.1) is 0 Å². The highest BCUT2D eigenvalue weighted by molar-refractivity contribution is 9.10. The van der Waals surface area contributed by atoms with Crippen LogP contribution in [0.5, 0.6) is 0 Å². The highest BCUT2D eigenvalue weighted by Crippen LogP contribution is 2.25. The van der Waals surface area contributed by atoms with Crippen molar-refractivity contribution in [2.75, 3.05) is 13.1 Å². The van der Waals surface area contributed by atoms with Crippen LogP contribution in [0, 0.1) is 0 Å². The molecule has 0 saturated carbocycles. The third kappa shape index (κ3) is 4.28. The summed E-state index contributed by atoms with van der Waals surface area (Å²) in [6, 6.07) is 7.56. The van der Waals surface area contributed by atoms with E-state index >= 15 is 0 Å². The summed E-state index contributed by atoms with van der Waals surface area (Å²) in [6.07, 6.45) is 1.33. The van der Waals surface area contributed by atoms with E-state index in [0.717, 1.165) is 10.0 Å². The Morgan fingerprint density at radius 2 is 2.10 bits per heavy atom. The third-order valence-corrected chi connectivity index (χ3v) is 4.48. The van der Waals surface area contributed by atoms with Gasteiger partial charge in [0, 0.05) is 17.6 Å². The van der Waals surface area contributed by atoms with Crippen molar-refractivity contribution in [3.63, 3.8) is 0 Å². The molecule has 1 atom stereocenters. The fraction of sp³-hybridized carbons (Fsp3) is 0.467. The van der Waals surface area contributed by atoms with Crippen molar-refractivity contribution in [1.82, 2.24) is 4.90 Å². The molecule has 1 aliphatic rings. The van der Waals surface area contributed by atoms with Crippen LogP contribution in [0.1, 0.15) is 24.8 Å². The number of nitrogens with zero attached hydrogens (tertiary/aromatic N) is 1. The summed E-state index contributed by atoms with van der Waals surface area (Å²) >= 11 is 3.42. The Balaban J connectivity index is 2.02. The molecule has 1 aromatic carbocycles. The van der Waals surface area contributed by atoms with Crippen molar-refractivity contribution in [2.24, 2.45) is 5.73 Å². The number of carbonyl (C=O) groups is 2. The average Bonchev–Trinajstić information content (AvgIpc) is 2.40. The molecule has 1 aliphatic heterocycles. The molecular weight excluding hydrogens is 336 g/mol. The maximum Gasteiger partial charge on any atom is 0.227 e. The lowest BCUT2D eigenvalue weighted by atomic mass is 9.89. The number of hydrogen-bond acceptors (Lipinski definition) is 3. The molecule has 0 spiro atoms. The van der Waals surface area contributed by atoms with E-state index in [4.69, 9.17) is 5.73 Å². The molecule has 1 heterocycles. The molecule has 2 rings (SSSR count). The largest absolute Gasteiger partial charge is 0.388 e. The number of hydrogen-bond donors (Lipinski definition) is 2. The molecule has 1 saturated heterocycles. The maximum atomic E-state index is 12.4. The predicted molar refractivity (Wildman–Crippen MR) is 82.4 cm³/mol. The van der Waals surface area contributed by atoms with Crippen molar-refractivity contribution >= 4 is 27.7 Å². The smallest absolute Gasteiger partial charge is 0.227 e. The Bertz CT molecular complexity index is 549. The molecule has 0 bridgehead atoms. The van der Waals surface area contributed by atoms with Gasteiger partial charge in [-0.25, -0.2) is 0 Å². The number of aliphatic hydroxyl groups is 1. The molecule has 0 radical (unpaired) electrons. The lowest BCUT2D eigenvalue weighted by molar-refractivity contribution is -0.141. The number of piperidine rings is 1. The van der Waals surface area contributed by atoms with Crippen LogP contribution in [0.4, 0.5) is 0 Å². The van der Waals surface area contributed by atoms with Crippen LogP contribution >= 0.6 is 15.9 Å². The molecule has 1 aromatic rings. The van der Waals surface area contributed by atoms with E-state index in [1.807, 2.05) is 24.3 Å². The van der Waals surface area contributed by atoms with Crippen LogP contribution in [0.15, 0.2) is 28.7 Å². The molecule has 6 heteroatoms. The molecular formula is C15H19BrN2O3. The normalized spacial score (nSPS) is 22.1. The zero-order chi connectivity index (χ0) is 15.5. The Labute approximate surface area is 132 Å². The Hall–Kier alpha value is -1.40. The van der Waals surface area contributed by atoms with Gasteiger partial charge in [0.05, 0.1) is 18.4 Å². The van der Waals surface area contributed by atoms with Crippen molar-refractivity contribution in [2.45, 2.75) is 31.3 Å². The highest BCUT2D eigenvalue weighted by atomic mass is 79.9. The van der Waals surface area contributed by atoms with Crippen LogP contribution in [0.25, 0.3) is 0 Å². The van der Waals surface area contributed by atoms with E-state index in [-0.39, 0.29) is 25.3 Å². The zero-order valence-electron chi connectivity index (χ0n) is 11.7. The van der Waals surface area contributed by atoms with Gasteiger partial charge in [0.25, 0.3) is 0 Å². The summed E-state index contributed by atoms with van der Waals surface area (Å²) in [5, 5.41) is 10.4. The Kier molecular flexibility index (Phi) is 5.00. The number of rotatable bonds is 4. The molecule has 0 aliphatic carbocycles. The minimum Gasteiger partial charge on any atom is -0.388 e. The van der Waals surface area contributed by atoms with Gasteiger partial charge in [0.15, 0.2) is 0 Å². The van der Waals surface area contributed by atoms with Gasteiger partial charge in [-0.05, 0) is 24.5 Å². The highest BCUT2D eigenvalue weighted by Gasteiger charge is 2.36. The lowest BCUT2D eigenvalue weighted by Gasteiger charge is -2.38. The molecule has 114 valence electrons. The summed E-state index contributed by atoms with van der Waals surface area (Å²) in [4.78, 5) is 25.0. The van der Waals surface area contributed by atoms with Gasteiger partial charge >= 0.3 is 0 Å². The number of primary amides is 1. The first-order valence-corrected chi connectivity index (χ1v) is 7.71. The maximum absolute atomic E-state index is 12.4. The number of β-amino-alcohol motifs (C(OH)–C–C–N with tert-alkyl or cyclic N) is 1.